The van der Waals surface area contributed by atoms with Gasteiger partial charge in [0.25, 0.3) is 0 Å². The molecule has 0 radical (unpaired) electrons. The van der Waals surface area contributed by atoms with E-state index in [2.05, 4.69) is 0 Å². The van der Waals surface area contributed by atoms with E-state index in [4.69, 9.17) is 35.3 Å². The maximum atomic E-state index is 11.9. The van der Waals surface area contributed by atoms with Gasteiger partial charge in [0.05, 0.1) is 12.1 Å². The number of carbonyl (C=O) groups is 6. The molecular weight excluding hydrogens is 805 g/mol. The van der Waals surface area contributed by atoms with Crippen molar-refractivity contribution in [2.24, 2.45) is 22.0 Å². The van der Waals surface area contributed by atoms with Gasteiger partial charge in [0.2, 0.25) is 0 Å². The second-order valence-electron chi connectivity index (χ2n) is 21.5. The number of aliphatic carboxylic acids is 3. The second kappa shape index (κ2) is 17.5. The first-order chi connectivity index (χ1) is 28.5. The van der Waals surface area contributed by atoms with E-state index in [9.17, 15) is 33.9 Å². The number of nitrogens with zero attached hydrogens (tertiary/aromatic N) is 3. The van der Waals surface area contributed by atoms with Crippen LogP contribution < -0.4 is 5.73 Å². The van der Waals surface area contributed by atoms with Gasteiger partial charge in [-0.15, -0.1) is 0 Å². The number of amides is 3. The van der Waals surface area contributed by atoms with Crippen LogP contribution in [0.15, 0.2) is 24.3 Å². The van der Waals surface area contributed by atoms with E-state index in [1.165, 1.54) is 20.3 Å². The van der Waals surface area contributed by atoms with Gasteiger partial charge in [-0.1, -0.05) is 24.3 Å². The highest BCUT2D eigenvalue weighted by Gasteiger charge is 2.58. The maximum absolute atomic E-state index is 11.9. The summed E-state index contributed by atoms with van der Waals surface area (Å²) in [5.74, 6) is -2.79. The Kier molecular flexibility index (Phi) is 13.7. The van der Waals surface area contributed by atoms with Gasteiger partial charge in [0.15, 0.2) is 0 Å². The molecule has 3 saturated carbocycles. The molecule has 6 fully saturated rings. The highest BCUT2D eigenvalue weighted by atomic mass is 16.6. The van der Waals surface area contributed by atoms with E-state index >= 15 is 0 Å². The zero-order chi connectivity index (χ0) is 46.4. The summed E-state index contributed by atoms with van der Waals surface area (Å²) < 4.78 is 15.7. The summed E-state index contributed by atoms with van der Waals surface area (Å²) in [6, 6.07) is 5.61. The summed E-state index contributed by atoms with van der Waals surface area (Å²) in [5.41, 5.74) is 6.48. The fraction of sp³-hybridized carbons (Fsp3) is 0.733. The molecule has 17 nitrogen and oxygen atoms in total. The number of aliphatic hydroxyl groups is 1. The van der Waals surface area contributed by atoms with Crippen molar-refractivity contribution in [3.63, 3.8) is 0 Å². The number of carboxylic acids is 3. The summed E-state index contributed by atoms with van der Waals surface area (Å²) in [5, 5.41) is 36.8. The quantitative estimate of drug-likeness (QED) is 0.213. The lowest BCUT2D eigenvalue weighted by atomic mass is 10.0. The van der Waals surface area contributed by atoms with Crippen molar-refractivity contribution in [1.82, 2.24) is 14.7 Å². The first-order valence-electron chi connectivity index (χ1n) is 21.7. The molecule has 346 valence electrons. The Balaban J connectivity index is 0.000000158. The lowest BCUT2D eigenvalue weighted by Crippen LogP contribution is -2.43. The number of fused-ring (bicyclic) bond motifs is 1. The van der Waals surface area contributed by atoms with Gasteiger partial charge < -0.3 is 40.4 Å². The number of ether oxygens (including phenoxy) is 3. The standard InChI is InChI=1S/3C12H19NO4.C9H11NO/c3*1-11(2,3)17-10(16)13-7-12(4-5-12)6-8(13)9(14)15;10-9-7-4-2-1-3-6(7)5-8(9)11/h3*8H,4-7H2,1-3H3,(H,14,15);1-4,8-9,11H,5,10H2/t2*8-;;8-,9+/m00.1/s1. The number of aliphatic hydroxyl groups excluding tert-OH is 1. The van der Waals surface area contributed by atoms with Gasteiger partial charge in [0, 0.05) is 26.1 Å². The van der Waals surface area contributed by atoms with E-state index in [0.29, 0.717) is 45.3 Å². The number of carbonyl (C=O) groups excluding carboxylic acids is 3. The normalized spacial score (nSPS) is 26.5. The molecule has 1 unspecified atom stereocenters. The Morgan fingerprint density at radius 1 is 0.565 bits per heavy atom. The van der Waals surface area contributed by atoms with Gasteiger partial charge in [-0.05, 0) is 147 Å². The molecule has 8 rings (SSSR count). The van der Waals surface area contributed by atoms with Crippen LogP contribution >= 0.6 is 0 Å². The summed E-state index contributed by atoms with van der Waals surface area (Å²) in [4.78, 5) is 73.4. The van der Waals surface area contributed by atoms with Crippen LogP contribution in [0, 0.1) is 16.2 Å². The van der Waals surface area contributed by atoms with Crippen molar-refractivity contribution < 1.29 is 63.4 Å². The highest BCUT2D eigenvalue weighted by Crippen LogP contribution is 2.56. The molecule has 3 spiro atoms. The summed E-state index contributed by atoms with van der Waals surface area (Å²) >= 11 is 0. The molecule has 3 saturated heterocycles. The zero-order valence-corrected chi connectivity index (χ0v) is 37.8. The van der Waals surface area contributed by atoms with Crippen LogP contribution in [0.5, 0.6) is 0 Å². The van der Waals surface area contributed by atoms with E-state index in [0.717, 1.165) is 44.1 Å². The van der Waals surface area contributed by atoms with Gasteiger partial charge >= 0.3 is 36.2 Å². The Morgan fingerprint density at radius 3 is 1.10 bits per heavy atom. The number of hydrogen-bond donors (Lipinski definition) is 5. The van der Waals surface area contributed by atoms with Crippen molar-refractivity contribution in [1.29, 1.82) is 0 Å². The molecule has 0 aromatic heterocycles. The summed E-state index contributed by atoms with van der Waals surface area (Å²) in [6.07, 6.45) is 6.66. The second-order valence-corrected chi connectivity index (χ2v) is 21.5. The van der Waals surface area contributed by atoms with Crippen LogP contribution in [0.4, 0.5) is 14.4 Å². The van der Waals surface area contributed by atoms with Gasteiger partial charge in [-0.2, -0.15) is 0 Å². The summed E-state index contributed by atoms with van der Waals surface area (Å²) in [7, 11) is 0. The molecule has 1 aromatic carbocycles. The van der Waals surface area contributed by atoms with Gasteiger partial charge in [-0.25, -0.2) is 28.8 Å². The fourth-order valence-electron chi connectivity index (χ4n) is 8.59. The lowest BCUT2D eigenvalue weighted by molar-refractivity contribution is -0.142. The minimum absolute atomic E-state index is 0.0694. The van der Waals surface area contributed by atoms with Crippen LogP contribution in [0.25, 0.3) is 0 Å². The molecule has 1 aromatic rings. The van der Waals surface area contributed by atoms with Crippen molar-refractivity contribution in [3.05, 3.63) is 35.4 Å². The first-order valence-corrected chi connectivity index (χ1v) is 21.7. The average Bonchev–Trinajstić information content (AvgIpc) is 4.05. The smallest absolute Gasteiger partial charge is 0.411 e. The van der Waals surface area contributed by atoms with Crippen LogP contribution in [0.2, 0.25) is 0 Å². The number of carboxylic acid groups (broad SMARTS) is 3. The molecule has 5 atom stereocenters. The average molecular weight is 873 g/mol. The third kappa shape index (κ3) is 12.5. The molecular formula is C45H68N4O13. The van der Waals surface area contributed by atoms with Crippen molar-refractivity contribution in [2.75, 3.05) is 19.6 Å². The molecule has 3 aliphatic heterocycles. The number of nitrogens with two attached hydrogens (primary N) is 1. The SMILES string of the molecule is CC(C)(C)OC(=O)N1CC2(CC2)CC1C(=O)O.CC(C)(C)OC(=O)N1CC2(CC2)C[C@H]1C(=O)O.CC(C)(C)OC(=O)N1CC2(CC2)C[C@H]1C(=O)O.N[C@H]1c2ccccc2C[C@H]1O. The number of rotatable bonds is 3. The van der Waals surface area contributed by atoms with Crippen LogP contribution in [0.1, 0.15) is 137 Å². The predicted molar refractivity (Wildman–Crippen MR) is 225 cm³/mol. The molecule has 6 N–H and O–H groups in total. The topological polar surface area (TPSA) is 247 Å². The van der Waals surface area contributed by atoms with Crippen LogP contribution in [-0.4, -0.2) is 132 Å². The van der Waals surface area contributed by atoms with E-state index in [1.807, 2.05) is 24.3 Å². The number of benzene rings is 1. The van der Waals surface area contributed by atoms with Gasteiger partial charge in [-0.3, -0.25) is 14.7 Å². The molecule has 3 heterocycles. The molecule has 0 bridgehead atoms. The van der Waals surface area contributed by atoms with Crippen molar-refractivity contribution in [3.8, 4) is 0 Å². The van der Waals surface area contributed by atoms with Crippen LogP contribution in [0.3, 0.4) is 0 Å². The Bertz CT molecular complexity index is 1700. The monoisotopic (exact) mass is 872 g/mol. The van der Waals surface area contributed by atoms with E-state index in [1.54, 1.807) is 62.3 Å². The van der Waals surface area contributed by atoms with Crippen LogP contribution in [-0.2, 0) is 35.0 Å². The Hall–Kier alpha value is -4.64. The fourth-order valence-corrected chi connectivity index (χ4v) is 8.59. The largest absolute Gasteiger partial charge is 0.480 e. The Morgan fingerprint density at radius 2 is 0.855 bits per heavy atom. The van der Waals surface area contributed by atoms with E-state index < -0.39 is 71.1 Å². The molecule has 3 amide bonds. The summed E-state index contributed by atoms with van der Waals surface area (Å²) in [6.45, 7) is 17.6. The number of likely N-dealkylation sites (tertiary alicyclic amines) is 3. The lowest BCUT2D eigenvalue weighted by Gasteiger charge is -2.26. The predicted octanol–water partition coefficient (Wildman–Crippen LogP) is 6.19. The molecule has 7 aliphatic rings. The molecule has 17 heteroatoms. The molecule has 62 heavy (non-hydrogen) atoms. The van der Waals surface area contributed by atoms with Crippen molar-refractivity contribution in [2.45, 2.75) is 174 Å². The van der Waals surface area contributed by atoms with Gasteiger partial charge in [0.1, 0.15) is 34.9 Å². The maximum Gasteiger partial charge on any atom is 0.411 e. The van der Waals surface area contributed by atoms with Crippen molar-refractivity contribution >= 4 is 36.2 Å². The Labute approximate surface area is 364 Å². The minimum Gasteiger partial charge on any atom is -0.480 e. The molecule has 4 aliphatic carbocycles. The first kappa shape index (κ1) is 48.4. The number of hydrogen-bond acceptors (Lipinski definition) is 11. The highest BCUT2D eigenvalue weighted by molar-refractivity contribution is 5.83. The third-order valence-electron chi connectivity index (χ3n) is 12.4. The minimum atomic E-state index is -0.931. The third-order valence-corrected chi connectivity index (χ3v) is 12.4. The zero-order valence-electron chi connectivity index (χ0n) is 37.8. The van der Waals surface area contributed by atoms with E-state index in [-0.39, 0.29) is 28.4 Å².